The molecule has 2 heterocycles. The summed E-state index contributed by atoms with van der Waals surface area (Å²) < 4.78 is 11.5. The maximum atomic E-state index is 12.9. The predicted octanol–water partition coefficient (Wildman–Crippen LogP) is 2.92. The number of benzene rings is 1. The lowest BCUT2D eigenvalue weighted by Crippen LogP contribution is -2.49. The Morgan fingerprint density at radius 2 is 1.81 bits per heavy atom. The van der Waals surface area contributed by atoms with Crippen LogP contribution in [0, 0.1) is 5.92 Å². The monoisotopic (exact) mass is 429 g/mol. The summed E-state index contributed by atoms with van der Waals surface area (Å²) in [5.41, 5.74) is 0.0788. The van der Waals surface area contributed by atoms with Gasteiger partial charge in [-0.15, -0.1) is 0 Å². The highest BCUT2D eigenvalue weighted by Gasteiger charge is 2.51. The number of rotatable bonds is 5. The molecule has 8 heteroatoms. The van der Waals surface area contributed by atoms with Gasteiger partial charge in [0.05, 0.1) is 19.3 Å². The fourth-order valence-corrected chi connectivity index (χ4v) is 4.68. The quantitative estimate of drug-likeness (QED) is 0.702. The summed E-state index contributed by atoms with van der Waals surface area (Å²) in [5, 5.41) is 5.85. The summed E-state index contributed by atoms with van der Waals surface area (Å²) in [6, 6.07) is 4.93. The molecule has 2 N–H and O–H groups in total. The Hall–Kier alpha value is -2.77. The SMILES string of the molecule is CC(C)C(NC(=O)CN1C(=O)NC2(CCCCC2)C1=O)c1ccc2c(c1)OCCCO2. The molecule has 4 rings (SSSR count). The molecule has 1 aromatic carbocycles. The van der Waals surface area contributed by atoms with Crippen molar-refractivity contribution in [2.45, 2.75) is 64.0 Å². The number of carbonyl (C=O) groups excluding carboxylic acids is 3. The van der Waals surface area contributed by atoms with Crippen LogP contribution < -0.4 is 20.1 Å². The lowest BCUT2D eigenvalue weighted by atomic mass is 9.82. The van der Waals surface area contributed by atoms with Gasteiger partial charge < -0.3 is 20.1 Å². The second-order valence-electron chi connectivity index (χ2n) is 9.01. The summed E-state index contributed by atoms with van der Waals surface area (Å²) in [7, 11) is 0. The van der Waals surface area contributed by atoms with Crippen molar-refractivity contribution in [1.82, 2.24) is 15.5 Å². The topological polar surface area (TPSA) is 97.0 Å². The lowest BCUT2D eigenvalue weighted by Gasteiger charge is -2.30. The minimum absolute atomic E-state index is 0.0986. The molecule has 4 amide bonds. The van der Waals surface area contributed by atoms with Crippen LogP contribution in [0.1, 0.15) is 64.0 Å². The van der Waals surface area contributed by atoms with Gasteiger partial charge in [0.1, 0.15) is 12.1 Å². The number of fused-ring (bicyclic) bond motifs is 1. The van der Waals surface area contributed by atoms with Crippen molar-refractivity contribution in [3.8, 4) is 11.5 Å². The van der Waals surface area contributed by atoms with Crippen molar-refractivity contribution < 1.29 is 23.9 Å². The second-order valence-corrected chi connectivity index (χ2v) is 9.01. The van der Waals surface area contributed by atoms with Gasteiger partial charge in [-0.1, -0.05) is 39.2 Å². The highest BCUT2D eigenvalue weighted by molar-refractivity contribution is 6.09. The molecule has 2 aliphatic heterocycles. The van der Waals surface area contributed by atoms with E-state index >= 15 is 0 Å². The van der Waals surface area contributed by atoms with Crippen LogP contribution in [-0.4, -0.2) is 48.0 Å². The van der Waals surface area contributed by atoms with Crippen molar-refractivity contribution >= 4 is 17.8 Å². The zero-order chi connectivity index (χ0) is 22.0. The molecule has 1 spiro atoms. The van der Waals surface area contributed by atoms with E-state index < -0.39 is 11.6 Å². The molecule has 1 aromatic rings. The maximum absolute atomic E-state index is 12.9. The first-order chi connectivity index (χ1) is 14.9. The largest absolute Gasteiger partial charge is 0.490 e. The number of hydrogen-bond donors (Lipinski definition) is 2. The van der Waals surface area contributed by atoms with Crippen LogP contribution in [0.25, 0.3) is 0 Å². The van der Waals surface area contributed by atoms with Gasteiger partial charge in [0, 0.05) is 6.42 Å². The minimum Gasteiger partial charge on any atom is -0.490 e. The fourth-order valence-electron chi connectivity index (χ4n) is 4.68. The van der Waals surface area contributed by atoms with E-state index in [1.165, 1.54) is 0 Å². The van der Waals surface area contributed by atoms with Crippen LogP contribution in [-0.2, 0) is 9.59 Å². The average molecular weight is 430 g/mol. The normalized spacial score (nSPS) is 21.1. The minimum atomic E-state index is -0.818. The van der Waals surface area contributed by atoms with Crippen molar-refractivity contribution in [3.05, 3.63) is 23.8 Å². The number of nitrogens with one attached hydrogen (secondary N) is 2. The average Bonchev–Trinajstić information content (AvgIpc) is 2.92. The third-order valence-electron chi connectivity index (χ3n) is 6.37. The summed E-state index contributed by atoms with van der Waals surface area (Å²) in [6.07, 6.45) is 4.99. The highest BCUT2D eigenvalue weighted by Crippen LogP contribution is 2.35. The Bertz CT molecular complexity index is 863. The number of nitrogens with zero attached hydrogens (tertiary/aromatic N) is 1. The van der Waals surface area contributed by atoms with E-state index in [9.17, 15) is 14.4 Å². The highest BCUT2D eigenvalue weighted by atomic mass is 16.5. The van der Waals surface area contributed by atoms with Crippen molar-refractivity contribution in [2.24, 2.45) is 5.92 Å². The van der Waals surface area contributed by atoms with Gasteiger partial charge >= 0.3 is 6.03 Å². The first-order valence-corrected chi connectivity index (χ1v) is 11.2. The van der Waals surface area contributed by atoms with Crippen LogP contribution in [0.4, 0.5) is 4.79 Å². The third-order valence-corrected chi connectivity index (χ3v) is 6.37. The fraction of sp³-hybridized carbons (Fsp3) is 0.609. The summed E-state index contributed by atoms with van der Waals surface area (Å²) >= 11 is 0. The number of urea groups is 1. The predicted molar refractivity (Wildman–Crippen MR) is 114 cm³/mol. The first kappa shape index (κ1) is 21.5. The van der Waals surface area contributed by atoms with E-state index in [4.69, 9.17) is 9.47 Å². The first-order valence-electron chi connectivity index (χ1n) is 11.2. The number of carbonyl (C=O) groups is 3. The zero-order valence-corrected chi connectivity index (χ0v) is 18.2. The molecule has 1 saturated carbocycles. The lowest BCUT2D eigenvalue weighted by molar-refractivity contribution is -0.136. The van der Waals surface area contributed by atoms with E-state index in [2.05, 4.69) is 10.6 Å². The second kappa shape index (κ2) is 8.77. The zero-order valence-electron chi connectivity index (χ0n) is 18.2. The molecule has 1 atom stereocenters. The molecule has 1 aliphatic carbocycles. The van der Waals surface area contributed by atoms with Gasteiger partial charge in [0.15, 0.2) is 11.5 Å². The summed E-state index contributed by atoms with van der Waals surface area (Å²) in [4.78, 5) is 39.3. The maximum Gasteiger partial charge on any atom is 0.325 e. The molecule has 2 fully saturated rings. The molecule has 31 heavy (non-hydrogen) atoms. The van der Waals surface area contributed by atoms with Crippen LogP contribution in [0.2, 0.25) is 0 Å². The van der Waals surface area contributed by atoms with Gasteiger partial charge in [-0.25, -0.2) is 4.79 Å². The van der Waals surface area contributed by atoms with Gasteiger partial charge in [0.25, 0.3) is 5.91 Å². The molecular formula is C23H31N3O5. The molecular weight excluding hydrogens is 398 g/mol. The number of hydrogen-bond acceptors (Lipinski definition) is 5. The number of imide groups is 1. The van der Waals surface area contributed by atoms with Crippen LogP contribution >= 0.6 is 0 Å². The molecule has 1 saturated heterocycles. The van der Waals surface area contributed by atoms with Crippen LogP contribution in [0.5, 0.6) is 11.5 Å². The molecule has 0 bridgehead atoms. The van der Waals surface area contributed by atoms with Crippen molar-refractivity contribution in [2.75, 3.05) is 19.8 Å². The third kappa shape index (κ3) is 4.34. The Morgan fingerprint density at radius 3 is 2.52 bits per heavy atom. The van der Waals surface area contributed by atoms with E-state index in [-0.39, 0.29) is 30.3 Å². The Balaban J connectivity index is 1.45. The Morgan fingerprint density at radius 1 is 1.10 bits per heavy atom. The van der Waals surface area contributed by atoms with Crippen LogP contribution in [0.15, 0.2) is 18.2 Å². The smallest absolute Gasteiger partial charge is 0.325 e. The Kier molecular flexibility index (Phi) is 6.07. The van der Waals surface area contributed by atoms with Gasteiger partial charge in [-0.3, -0.25) is 14.5 Å². The molecule has 0 radical (unpaired) electrons. The Labute approximate surface area is 182 Å². The van der Waals surface area contributed by atoms with E-state index in [1.54, 1.807) is 0 Å². The van der Waals surface area contributed by atoms with Crippen molar-refractivity contribution in [3.63, 3.8) is 0 Å². The van der Waals surface area contributed by atoms with E-state index in [0.717, 1.165) is 36.1 Å². The van der Waals surface area contributed by atoms with Crippen LogP contribution in [0.3, 0.4) is 0 Å². The number of amides is 4. The van der Waals surface area contributed by atoms with Gasteiger partial charge in [-0.2, -0.15) is 0 Å². The van der Waals surface area contributed by atoms with E-state index in [0.29, 0.717) is 37.6 Å². The number of ether oxygens (including phenoxy) is 2. The van der Waals surface area contributed by atoms with Gasteiger partial charge in [-0.05, 0) is 36.5 Å². The summed E-state index contributed by atoms with van der Waals surface area (Å²) in [5.74, 6) is 0.836. The molecule has 8 nitrogen and oxygen atoms in total. The summed E-state index contributed by atoms with van der Waals surface area (Å²) in [6.45, 7) is 4.95. The van der Waals surface area contributed by atoms with E-state index in [1.807, 2.05) is 32.0 Å². The molecule has 168 valence electrons. The standard InChI is InChI=1S/C23H31N3O5/c1-15(2)20(16-7-8-17-18(13-16)31-12-6-11-30-17)24-19(27)14-26-21(28)23(25-22(26)29)9-4-3-5-10-23/h7-8,13,15,20H,3-6,9-12,14H2,1-2H3,(H,24,27)(H,25,29). The van der Waals surface area contributed by atoms with Gasteiger partial charge in [0.2, 0.25) is 5.91 Å². The molecule has 3 aliphatic rings. The van der Waals surface area contributed by atoms with Crippen molar-refractivity contribution in [1.29, 1.82) is 0 Å². The molecule has 0 aromatic heterocycles. The molecule has 1 unspecified atom stereocenters.